The molecule has 0 radical (unpaired) electrons. The predicted octanol–water partition coefficient (Wildman–Crippen LogP) is 0.623. The fraction of sp³-hybridized carbons (Fsp3) is 0.917. The number of likely N-dealkylation sites (tertiary alicyclic amines) is 1. The van der Waals surface area contributed by atoms with E-state index in [0.29, 0.717) is 12.5 Å². The van der Waals surface area contributed by atoms with E-state index in [9.17, 15) is 4.79 Å². The summed E-state index contributed by atoms with van der Waals surface area (Å²) in [6.07, 6.45) is 3.62. The molecule has 0 spiro atoms. The van der Waals surface area contributed by atoms with Crippen molar-refractivity contribution in [2.24, 2.45) is 5.92 Å². The van der Waals surface area contributed by atoms with Crippen LogP contribution in [0.25, 0.3) is 0 Å². The lowest BCUT2D eigenvalue weighted by molar-refractivity contribution is -0.144. The summed E-state index contributed by atoms with van der Waals surface area (Å²) < 4.78 is 5.69. The van der Waals surface area contributed by atoms with Gasteiger partial charge in [0.1, 0.15) is 6.61 Å². The second kappa shape index (κ2) is 4.72. The van der Waals surface area contributed by atoms with Gasteiger partial charge in [0.15, 0.2) is 0 Å². The molecule has 2 heterocycles. The summed E-state index contributed by atoms with van der Waals surface area (Å²) in [6, 6.07) is 0. The van der Waals surface area contributed by atoms with E-state index >= 15 is 0 Å². The number of rotatable bonds is 2. The van der Waals surface area contributed by atoms with Crippen molar-refractivity contribution in [2.75, 3.05) is 33.3 Å². The Hall–Kier alpha value is -0.610. The zero-order chi connectivity index (χ0) is 11.6. The van der Waals surface area contributed by atoms with Crippen molar-refractivity contribution < 1.29 is 9.53 Å². The number of piperidine rings is 1. The molecule has 2 unspecified atom stereocenters. The molecule has 0 bridgehead atoms. The number of nitrogens with zero attached hydrogens (tertiary/aromatic N) is 1. The molecule has 4 nitrogen and oxygen atoms in total. The first-order valence-electron chi connectivity index (χ1n) is 6.17. The number of amides is 1. The minimum Gasteiger partial charge on any atom is -0.364 e. The normalized spacial score (nSPS) is 37.1. The van der Waals surface area contributed by atoms with E-state index in [1.807, 2.05) is 0 Å². The highest BCUT2D eigenvalue weighted by Crippen LogP contribution is 2.28. The van der Waals surface area contributed by atoms with E-state index in [0.717, 1.165) is 13.0 Å². The van der Waals surface area contributed by atoms with Crippen LogP contribution in [0.2, 0.25) is 0 Å². The SMILES string of the molecule is CN1CCCC(CC2(C)CNC(=O)CO2)C1. The minimum atomic E-state index is -0.156. The summed E-state index contributed by atoms with van der Waals surface area (Å²) in [6.45, 7) is 5.36. The van der Waals surface area contributed by atoms with Gasteiger partial charge >= 0.3 is 0 Å². The van der Waals surface area contributed by atoms with Gasteiger partial charge in [-0.05, 0) is 45.7 Å². The number of ether oxygens (including phenoxy) is 1. The van der Waals surface area contributed by atoms with E-state index in [-0.39, 0.29) is 18.1 Å². The summed E-state index contributed by atoms with van der Waals surface area (Å²) in [5.41, 5.74) is -0.156. The molecule has 0 saturated carbocycles. The van der Waals surface area contributed by atoms with E-state index < -0.39 is 0 Å². The van der Waals surface area contributed by atoms with Gasteiger partial charge < -0.3 is 15.0 Å². The summed E-state index contributed by atoms with van der Waals surface area (Å²) in [5.74, 6) is 0.719. The van der Waals surface area contributed by atoms with Crippen molar-refractivity contribution >= 4 is 5.91 Å². The van der Waals surface area contributed by atoms with Crippen LogP contribution in [-0.2, 0) is 9.53 Å². The molecular formula is C12H22N2O2. The number of hydrogen-bond donors (Lipinski definition) is 1. The number of morpholine rings is 1. The first-order valence-corrected chi connectivity index (χ1v) is 6.17. The Morgan fingerprint density at radius 3 is 3.06 bits per heavy atom. The second-order valence-electron chi connectivity index (χ2n) is 5.49. The maximum absolute atomic E-state index is 11.1. The standard InChI is InChI=1S/C12H22N2O2/c1-12(9-13-11(15)8-16-12)6-10-4-3-5-14(2)7-10/h10H,3-9H2,1-2H3,(H,13,15). The van der Waals surface area contributed by atoms with Crippen LogP contribution >= 0.6 is 0 Å². The summed E-state index contributed by atoms with van der Waals surface area (Å²) >= 11 is 0. The van der Waals surface area contributed by atoms with Gasteiger partial charge in [-0.2, -0.15) is 0 Å². The molecule has 0 aliphatic carbocycles. The average Bonchev–Trinajstić information content (AvgIpc) is 2.23. The molecule has 2 rings (SSSR count). The van der Waals surface area contributed by atoms with Gasteiger partial charge in [-0.25, -0.2) is 0 Å². The van der Waals surface area contributed by atoms with Crippen LogP contribution < -0.4 is 5.32 Å². The Morgan fingerprint density at radius 2 is 2.44 bits per heavy atom. The number of hydrogen-bond acceptors (Lipinski definition) is 3. The Labute approximate surface area is 97.3 Å². The van der Waals surface area contributed by atoms with Crippen molar-refractivity contribution in [3.05, 3.63) is 0 Å². The van der Waals surface area contributed by atoms with Gasteiger partial charge in [0.25, 0.3) is 0 Å². The molecule has 16 heavy (non-hydrogen) atoms. The molecule has 1 N–H and O–H groups in total. The predicted molar refractivity (Wildman–Crippen MR) is 62.2 cm³/mol. The third kappa shape index (κ3) is 2.95. The quantitative estimate of drug-likeness (QED) is 0.750. The molecule has 0 aromatic heterocycles. The molecular weight excluding hydrogens is 204 g/mol. The maximum Gasteiger partial charge on any atom is 0.246 e. The monoisotopic (exact) mass is 226 g/mol. The van der Waals surface area contributed by atoms with Crippen LogP contribution in [0.1, 0.15) is 26.2 Å². The van der Waals surface area contributed by atoms with Gasteiger partial charge in [0, 0.05) is 13.1 Å². The highest BCUT2D eigenvalue weighted by atomic mass is 16.5. The van der Waals surface area contributed by atoms with Gasteiger partial charge in [-0.15, -0.1) is 0 Å². The molecule has 2 aliphatic rings. The zero-order valence-electron chi connectivity index (χ0n) is 10.3. The van der Waals surface area contributed by atoms with Crippen molar-refractivity contribution in [1.82, 2.24) is 10.2 Å². The van der Waals surface area contributed by atoms with Gasteiger partial charge in [-0.3, -0.25) is 4.79 Å². The van der Waals surface area contributed by atoms with Crippen LogP contribution in [0, 0.1) is 5.92 Å². The van der Waals surface area contributed by atoms with Crippen molar-refractivity contribution in [1.29, 1.82) is 0 Å². The lowest BCUT2D eigenvalue weighted by Crippen LogP contribution is -2.52. The Morgan fingerprint density at radius 1 is 1.62 bits per heavy atom. The molecule has 0 aromatic rings. The van der Waals surface area contributed by atoms with Crippen molar-refractivity contribution in [3.63, 3.8) is 0 Å². The molecule has 2 aliphatic heterocycles. The third-order valence-electron chi connectivity index (χ3n) is 3.65. The Bertz CT molecular complexity index is 258. The number of carbonyl (C=O) groups is 1. The van der Waals surface area contributed by atoms with Crippen molar-refractivity contribution in [3.8, 4) is 0 Å². The van der Waals surface area contributed by atoms with Crippen LogP contribution in [-0.4, -0.2) is 49.7 Å². The second-order valence-corrected chi connectivity index (χ2v) is 5.49. The first kappa shape index (κ1) is 11.9. The topological polar surface area (TPSA) is 41.6 Å². The lowest BCUT2D eigenvalue weighted by atomic mass is 9.86. The Balaban J connectivity index is 1.85. The van der Waals surface area contributed by atoms with E-state index in [2.05, 4.69) is 24.2 Å². The summed E-state index contributed by atoms with van der Waals surface area (Å²) in [7, 11) is 2.18. The van der Waals surface area contributed by atoms with E-state index in [1.54, 1.807) is 0 Å². The fourth-order valence-electron chi connectivity index (χ4n) is 2.81. The molecule has 2 atom stereocenters. The average molecular weight is 226 g/mol. The molecule has 1 amide bonds. The number of nitrogens with one attached hydrogen (secondary N) is 1. The van der Waals surface area contributed by atoms with Crippen LogP contribution in [0.5, 0.6) is 0 Å². The molecule has 0 aromatic carbocycles. The van der Waals surface area contributed by atoms with Crippen LogP contribution in [0.3, 0.4) is 0 Å². The minimum absolute atomic E-state index is 0.0123. The largest absolute Gasteiger partial charge is 0.364 e. The van der Waals surface area contributed by atoms with Crippen LogP contribution in [0.15, 0.2) is 0 Å². The van der Waals surface area contributed by atoms with Crippen molar-refractivity contribution in [2.45, 2.75) is 31.8 Å². The molecule has 2 saturated heterocycles. The molecule has 4 heteroatoms. The highest BCUT2D eigenvalue weighted by molar-refractivity contribution is 5.77. The Kier molecular flexibility index (Phi) is 3.50. The first-order chi connectivity index (χ1) is 7.57. The summed E-state index contributed by atoms with van der Waals surface area (Å²) in [4.78, 5) is 13.4. The van der Waals surface area contributed by atoms with Gasteiger partial charge in [0.2, 0.25) is 5.91 Å². The fourth-order valence-corrected chi connectivity index (χ4v) is 2.81. The molecule has 92 valence electrons. The molecule has 2 fully saturated rings. The van der Waals surface area contributed by atoms with E-state index in [4.69, 9.17) is 4.74 Å². The van der Waals surface area contributed by atoms with Crippen LogP contribution in [0.4, 0.5) is 0 Å². The zero-order valence-corrected chi connectivity index (χ0v) is 10.3. The maximum atomic E-state index is 11.1. The van der Waals surface area contributed by atoms with Gasteiger partial charge in [0.05, 0.1) is 5.60 Å². The number of carbonyl (C=O) groups excluding carboxylic acids is 1. The smallest absolute Gasteiger partial charge is 0.246 e. The lowest BCUT2D eigenvalue weighted by Gasteiger charge is -2.39. The summed E-state index contributed by atoms with van der Waals surface area (Å²) in [5, 5.41) is 2.90. The van der Waals surface area contributed by atoms with Gasteiger partial charge in [-0.1, -0.05) is 0 Å². The third-order valence-corrected chi connectivity index (χ3v) is 3.65. The van der Waals surface area contributed by atoms with E-state index in [1.165, 1.54) is 19.4 Å². The highest BCUT2D eigenvalue weighted by Gasteiger charge is 2.34.